The predicted octanol–water partition coefficient (Wildman–Crippen LogP) is 1.80. The molecule has 0 amide bonds. The monoisotopic (exact) mass is 394 g/mol. The van der Waals surface area contributed by atoms with Crippen LogP contribution in [0, 0.1) is 0 Å². The Morgan fingerprint density at radius 1 is 1.04 bits per heavy atom. The first kappa shape index (κ1) is 20.8. The number of benzene rings is 2. The number of aliphatic hydroxyl groups excluding tert-OH is 1. The van der Waals surface area contributed by atoms with Gasteiger partial charge >= 0.3 is 0 Å². The maximum Gasteiger partial charge on any atom is 0.161 e. The number of fused-ring (bicyclic) bond motifs is 1. The number of aromatic amines is 1. The number of aliphatic hydroxyl groups is 1. The van der Waals surface area contributed by atoms with Crippen LogP contribution in [-0.4, -0.2) is 60.0 Å². The molecule has 1 heterocycles. The smallest absolute Gasteiger partial charge is 0.161 e. The van der Waals surface area contributed by atoms with Gasteiger partial charge in [-0.1, -0.05) is 18.2 Å². The summed E-state index contributed by atoms with van der Waals surface area (Å²) in [5.41, 5.74) is 1.38. The molecule has 9 heteroatoms. The van der Waals surface area contributed by atoms with Gasteiger partial charge in [0.15, 0.2) is 17.0 Å². The molecule has 0 aliphatic heterocycles. The summed E-state index contributed by atoms with van der Waals surface area (Å²) in [7, 11) is 1.61. The summed E-state index contributed by atoms with van der Waals surface area (Å²) in [4.78, 5) is 0. The molecular weight excluding hydrogens is 372 g/mol. The fourth-order valence-corrected chi connectivity index (χ4v) is 2.44. The number of H-pyrrole nitrogens is 1. The van der Waals surface area contributed by atoms with Crippen LogP contribution in [0.4, 0.5) is 0 Å². The highest BCUT2D eigenvalue weighted by atomic mass is 35.5. The third-order valence-corrected chi connectivity index (χ3v) is 3.73. The number of hydrogen-bond donors (Lipinski definition) is 3. The van der Waals surface area contributed by atoms with Crippen molar-refractivity contribution in [3.63, 3.8) is 0 Å². The first-order chi connectivity index (χ1) is 12.8. The van der Waals surface area contributed by atoms with E-state index in [1.807, 2.05) is 36.4 Å². The first-order valence-corrected chi connectivity index (χ1v) is 8.35. The molecule has 0 spiro atoms. The molecule has 2 aromatic carbocycles. The van der Waals surface area contributed by atoms with Gasteiger partial charge < -0.3 is 24.6 Å². The lowest BCUT2D eigenvalue weighted by molar-refractivity contribution is 0.106. The Balaban J connectivity index is 0.00000261. The summed E-state index contributed by atoms with van der Waals surface area (Å²) in [5.74, 6) is 1.99. The van der Waals surface area contributed by atoms with Crippen LogP contribution < -0.4 is 19.5 Å². The number of nitrogens with one attached hydrogen (secondary N) is 2. The van der Waals surface area contributed by atoms with Crippen LogP contribution in [0.2, 0.25) is 0 Å². The summed E-state index contributed by atoms with van der Waals surface area (Å²) in [6.07, 6.45) is -0.650. The Hall–Kier alpha value is -2.55. The van der Waals surface area contributed by atoms with E-state index in [1.165, 1.54) is 0 Å². The average molecular weight is 395 g/mol. The fourth-order valence-electron chi connectivity index (χ4n) is 2.44. The Kier molecular flexibility index (Phi) is 8.12. The minimum atomic E-state index is -0.650. The van der Waals surface area contributed by atoms with E-state index < -0.39 is 6.10 Å². The predicted molar refractivity (Wildman–Crippen MR) is 104 cm³/mol. The van der Waals surface area contributed by atoms with Crippen LogP contribution in [0.3, 0.4) is 0 Å². The Bertz CT molecular complexity index is 830. The largest absolute Gasteiger partial charge is 0.493 e. The van der Waals surface area contributed by atoms with Crippen molar-refractivity contribution in [3.05, 3.63) is 42.5 Å². The lowest BCUT2D eigenvalue weighted by Crippen LogP contribution is -2.33. The second-order valence-corrected chi connectivity index (χ2v) is 5.62. The van der Waals surface area contributed by atoms with E-state index in [1.54, 1.807) is 13.2 Å². The molecule has 0 fully saturated rings. The summed E-state index contributed by atoms with van der Waals surface area (Å²) in [5, 5.41) is 23.8. The molecule has 3 rings (SSSR count). The number of methoxy groups -OCH3 is 1. The Labute approximate surface area is 163 Å². The van der Waals surface area contributed by atoms with Gasteiger partial charge in [0.2, 0.25) is 0 Å². The van der Waals surface area contributed by atoms with E-state index in [4.69, 9.17) is 14.2 Å². The van der Waals surface area contributed by atoms with Gasteiger partial charge in [0.1, 0.15) is 30.6 Å². The molecule has 0 aliphatic rings. The zero-order chi connectivity index (χ0) is 18.2. The minimum Gasteiger partial charge on any atom is -0.493 e. The van der Waals surface area contributed by atoms with Crippen LogP contribution in [-0.2, 0) is 0 Å². The molecule has 1 atom stereocenters. The van der Waals surface area contributed by atoms with Gasteiger partial charge in [-0.2, -0.15) is 15.4 Å². The molecule has 3 N–H and O–H groups in total. The number of aromatic nitrogens is 3. The summed E-state index contributed by atoms with van der Waals surface area (Å²) >= 11 is 0. The molecule has 0 bridgehead atoms. The van der Waals surface area contributed by atoms with E-state index >= 15 is 0 Å². The van der Waals surface area contributed by atoms with Crippen LogP contribution in [0.15, 0.2) is 42.5 Å². The number of para-hydroxylation sites is 3. The number of hydrogen-bond acceptors (Lipinski definition) is 7. The van der Waals surface area contributed by atoms with E-state index in [2.05, 4.69) is 20.7 Å². The molecule has 146 valence electrons. The van der Waals surface area contributed by atoms with E-state index in [9.17, 15) is 5.11 Å². The zero-order valence-corrected chi connectivity index (χ0v) is 15.7. The van der Waals surface area contributed by atoms with Crippen molar-refractivity contribution >= 4 is 23.4 Å². The zero-order valence-electron chi connectivity index (χ0n) is 14.9. The van der Waals surface area contributed by atoms with Crippen molar-refractivity contribution < 1.29 is 19.3 Å². The average Bonchev–Trinajstić information content (AvgIpc) is 3.15. The van der Waals surface area contributed by atoms with Crippen molar-refractivity contribution in [1.82, 2.24) is 20.7 Å². The van der Waals surface area contributed by atoms with Gasteiger partial charge in [-0.3, -0.25) is 0 Å². The van der Waals surface area contributed by atoms with Crippen molar-refractivity contribution in [1.29, 1.82) is 0 Å². The SMILES string of the molecule is COc1ccccc1OCCNCC(O)COc1cccc2n[nH]nc12.Cl. The highest BCUT2D eigenvalue weighted by Crippen LogP contribution is 2.25. The lowest BCUT2D eigenvalue weighted by Gasteiger charge is -2.14. The van der Waals surface area contributed by atoms with E-state index in [-0.39, 0.29) is 19.0 Å². The minimum absolute atomic E-state index is 0. The van der Waals surface area contributed by atoms with Crippen molar-refractivity contribution in [3.8, 4) is 17.2 Å². The molecule has 3 aromatic rings. The maximum absolute atomic E-state index is 10.0. The molecule has 0 saturated carbocycles. The number of halogens is 1. The van der Waals surface area contributed by atoms with Gasteiger partial charge in [-0.15, -0.1) is 12.4 Å². The van der Waals surface area contributed by atoms with Gasteiger partial charge in [0, 0.05) is 13.1 Å². The Morgan fingerprint density at radius 2 is 1.81 bits per heavy atom. The number of ether oxygens (including phenoxy) is 3. The topological polar surface area (TPSA) is 102 Å². The maximum atomic E-state index is 10.0. The molecule has 1 unspecified atom stereocenters. The van der Waals surface area contributed by atoms with Crippen LogP contribution >= 0.6 is 12.4 Å². The number of nitrogens with zero attached hydrogens (tertiary/aromatic N) is 2. The first-order valence-electron chi connectivity index (χ1n) is 8.35. The van der Waals surface area contributed by atoms with Gasteiger partial charge in [0.25, 0.3) is 0 Å². The molecule has 1 aromatic heterocycles. The number of rotatable bonds is 10. The molecule has 0 aliphatic carbocycles. The molecule has 0 radical (unpaired) electrons. The quantitative estimate of drug-likeness (QED) is 0.450. The van der Waals surface area contributed by atoms with Crippen LogP contribution in [0.5, 0.6) is 17.2 Å². The van der Waals surface area contributed by atoms with Crippen molar-refractivity contribution in [2.24, 2.45) is 0 Å². The van der Waals surface area contributed by atoms with Crippen LogP contribution in [0.25, 0.3) is 11.0 Å². The van der Waals surface area contributed by atoms with Gasteiger partial charge in [-0.25, -0.2) is 0 Å². The molecular formula is C18H23ClN4O4. The van der Waals surface area contributed by atoms with Crippen molar-refractivity contribution in [2.45, 2.75) is 6.10 Å². The third-order valence-electron chi connectivity index (χ3n) is 3.73. The van der Waals surface area contributed by atoms with Crippen LogP contribution in [0.1, 0.15) is 0 Å². The molecule has 27 heavy (non-hydrogen) atoms. The molecule has 0 saturated heterocycles. The molecule has 8 nitrogen and oxygen atoms in total. The van der Waals surface area contributed by atoms with E-state index in [0.29, 0.717) is 42.5 Å². The van der Waals surface area contributed by atoms with Gasteiger partial charge in [0.05, 0.1) is 7.11 Å². The second-order valence-electron chi connectivity index (χ2n) is 5.62. The summed E-state index contributed by atoms with van der Waals surface area (Å²) in [6.45, 7) is 1.61. The summed E-state index contributed by atoms with van der Waals surface area (Å²) < 4.78 is 16.5. The van der Waals surface area contributed by atoms with E-state index in [0.717, 1.165) is 5.52 Å². The Morgan fingerprint density at radius 3 is 2.63 bits per heavy atom. The summed E-state index contributed by atoms with van der Waals surface area (Å²) in [6, 6.07) is 12.9. The highest BCUT2D eigenvalue weighted by Gasteiger charge is 2.09. The fraction of sp³-hybridized carbons (Fsp3) is 0.333. The second kappa shape index (κ2) is 10.6. The van der Waals surface area contributed by atoms with Crippen molar-refractivity contribution in [2.75, 3.05) is 33.4 Å². The highest BCUT2D eigenvalue weighted by molar-refractivity contribution is 5.85. The normalized spacial score (nSPS) is 11.6. The lowest BCUT2D eigenvalue weighted by atomic mass is 10.3. The third kappa shape index (κ3) is 5.72. The standard InChI is InChI=1S/C18H22N4O4.ClH/c1-24-15-6-2-3-7-16(15)25-10-9-19-11-13(23)12-26-17-8-4-5-14-18(17)21-22-20-14;/h2-8,13,19,23H,9-12H2,1H3,(H,20,21,22);1H. The van der Waals surface area contributed by atoms with Gasteiger partial charge in [-0.05, 0) is 24.3 Å².